The number of pyridine rings is 1. The van der Waals surface area contributed by atoms with Gasteiger partial charge in [-0.3, -0.25) is 0 Å². The predicted molar refractivity (Wildman–Crippen MR) is 69.7 cm³/mol. The molecule has 2 aromatic rings. The molecule has 0 fully saturated rings. The number of hydrogen-bond donors (Lipinski definition) is 2. The van der Waals surface area contributed by atoms with Crippen molar-refractivity contribution in [2.45, 2.75) is 6.54 Å². The van der Waals surface area contributed by atoms with E-state index < -0.39 is 5.97 Å². The number of nitrogens with one attached hydrogen (secondary N) is 1. The molecule has 2 N–H and O–H groups in total. The van der Waals surface area contributed by atoms with Gasteiger partial charge in [-0.1, -0.05) is 12.1 Å². The molecule has 0 spiro atoms. The van der Waals surface area contributed by atoms with E-state index in [-0.39, 0.29) is 5.56 Å². The Morgan fingerprint density at radius 2 is 2.21 bits per heavy atom. The second kappa shape index (κ2) is 5.65. The first kappa shape index (κ1) is 12.6. The Hall–Kier alpha value is -2.87. The minimum absolute atomic E-state index is 0.184. The van der Waals surface area contributed by atoms with Crippen molar-refractivity contribution in [3.63, 3.8) is 0 Å². The van der Waals surface area contributed by atoms with Gasteiger partial charge in [0.05, 0.1) is 17.2 Å². The Labute approximate surface area is 110 Å². The number of anilines is 1. The number of nitriles is 1. The average Bonchev–Trinajstić information content (AvgIpc) is 2.45. The van der Waals surface area contributed by atoms with Crippen LogP contribution in [0.15, 0.2) is 42.6 Å². The van der Waals surface area contributed by atoms with Gasteiger partial charge in [0.15, 0.2) is 0 Å². The van der Waals surface area contributed by atoms with E-state index in [9.17, 15) is 4.79 Å². The number of benzene rings is 1. The highest BCUT2D eigenvalue weighted by Gasteiger charge is 2.04. The lowest BCUT2D eigenvalue weighted by atomic mass is 10.1. The second-order valence-corrected chi connectivity index (χ2v) is 3.90. The summed E-state index contributed by atoms with van der Waals surface area (Å²) in [6.07, 6.45) is 1.44. The molecule has 0 aliphatic heterocycles. The van der Waals surface area contributed by atoms with Crippen LogP contribution in [0.25, 0.3) is 0 Å². The number of carbonyl (C=O) groups is 1. The van der Waals surface area contributed by atoms with E-state index in [4.69, 9.17) is 10.4 Å². The number of aromatic nitrogens is 1. The van der Waals surface area contributed by atoms with Crippen LogP contribution >= 0.6 is 0 Å². The molecule has 0 aliphatic carbocycles. The van der Waals surface area contributed by atoms with Crippen LogP contribution in [0, 0.1) is 11.3 Å². The van der Waals surface area contributed by atoms with Crippen molar-refractivity contribution in [3.05, 3.63) is 59.3 Å². The van der Waals surface area contributed by atoms with Crippen molar-refractivity contribution >= 4 is 11.8 Å². The molecule has 94 valence electrons. The molecule has 0 bridgehead atoms. The van der Waals surface area contributed by atoms with Gasteiger partial charge >= 0.3 is 5.97 Å². The van der Waals surface area contributed by atoms with Gasteiger partial charge in [-0.2, -0.15) is 5.26 Å². The summed E-state index contributed by atoms with van der Waals surface area (Å²) < 4.78 is 0. The summed E-state index contributed by atoms with van der Waals surface area (Å²) in [4.78, 5) is 14.9. The first-order chi connectivity index (χ1) is 9.19. The van der Waals surface area contributed by atoms with Crippen molar-refractivity contribution in [3.8, 4) is 6.07 Å². The first-order valence-corrected chi connectivity index (χ1v) is 5.61. The Balaban J connectivity index is 2.08. The van der Waals surface area contributed by atoms with E-state index >= 15 is 0 Å². The molecule has 1 aromatic carbocycles. The Morgan fingerprint density at radius 3 is 2.95 bits per heavy atom. The van der Waals surface area contributed by atoms with Crippen molar-refractivity contribution < 1.29 is 9.90 Å². The zero-order valence-corrected chi connectivity index (χ0v) is 10.00. The van der Waals surface area contributed by atoms with Gasteiger partial charge in [-0.25, -0.2) is 9.78 Å². The summed E-state index contributed by atoms with van der Waals surface area (Å²) in [6.45, 7) is 0.478. The molecule has 5 nitrogen and oxygen atoms in total. The highest BCUT2D eigenvalue weighted by Crippen LogP contribution is 2.10. The Morgan fingerprint density at radius 1 is 1.37 bits per heavy atom. The summed E-state index contributed by atoms with van der Waals surface area (Å²) in [5.41, 5.74) is 1.70. The molecule has 5 heteroatoms. The number of rotatable bonds is 4. The van der Waals surface area contributed by atoms with E-state index in [0.717, 1.165) is 5.56 Å². The number of carboxylic acids is 1. The molecule has 0 saturated heterocycles. The van der Waals surface area contributed by atoms with Gasteiger partial charge in [0.2, 0.25) is 0 Å². The second-order valence-electron chi connectivity index (χ2n) is 3.90. The van der Waals surface area contributed by atoms with E-state index in [0.29, 0.717) is 17.9 Å². The molecule has 0 aliphatic rings. The summed E-state index contributed by atoms with van der Waals surface area (Å²) in [5, 5.41) is 20.7. The van der Waals surface area contributed by atoms with Crippen LogP contribution in [0.2, 0.25) is 0 Å². The standard InChI is InChI=1S/C14H11N3O2/c15-8-10-2-1-3-11(6-10)9-17-13-7-12(14(18)19)4-5-16-13/h1-7H,9H2,(H,16,17)(H,18,19). The molecule has 0 saturated carbocycles. The van der Waals surface area contributed by atoms with Crippen LogP contribution in [-0.2, 0) is 6.54 Å². The fraction of sp³-hybridized carbons (Fsp3) is 0.0714. The number of hydrogen-bond acceptors (Lipinski definition) is 4. The van der Waals surface area contributed by atoms with E-state index in [2.05, 4.69) is 16.4 Å². The molecule has 0 atom stereocenters. The molecule has 1 aromatic heterocycles. The monoisotopic (exact) mass is 253 g/mol. The minimum atomic E-state index is -0.989. The zero-order chi connectivity index (χ0) is 13.7. The van der Waals surface area contributed by atoms with Crippen LogP contribution in [0.1, 0.15) is 21.5 Å². The van der Waals surface area contributed by atoms with Gasteiger partial charge in [-0.15, -0.1) is 0 Å². The molecular formula is C14H11N3O2. The first-order valence-electron chi connectivity index (χ1n) is 5.61. The highest BCUT2D eigenvalue weighted by atomic mass is 16.4. The van der Waals surface area contributed by atoms with E-state index in [1.54, 1.807) is 18.2 Å². The maximum absolute atomic E-state index is 10.8. The van der Waals surface area contributed by atoms with Crippen LogP contribution in [0.4, 0.5) is 5.82 Å². The van der Waals surface area contributed by atoms with Gasteiger partial charge in [0, 0.05) is 12.7 Å². The third kappa shape index (κ3) is 3.30. The van der Waals surface area contributed by atoms with E-state index in [1.165, 1.54) is 18.3 Å². The normalized spacial score (nSPS) is 9.63. The third-order valence-corrected chi connectivity index (χ3v) is 2.54. The van der Waals surface area contributed by atoms with Crippen molar-refractivity contribution in [1.29, 1.82) is 5.26 Å². The van der Waals surface area contributed by atoms with Crippen LogP contribution in [0.3, 0.4) is 0 Å². The van der Waals surface area contributed by atoms with Crippen LogP contribution < -0.4 is 5.32 Å². The summed E-state index contributed by atoms with van der Waals surface area (Å²) >= 11 is 0. The maximum Gasteiger partial charge on any atom is 0.335 e. The van der Waals surface area contributed by atoms with Gasteiger partial charge in [0.1, 0.15) is 5.82 Å². The summed E-state index contributed by atoms with van der Waals surface area (Å²) in [7, 11) is 0. The minimum Gasteiger partial charge on any atom is -0.478 e. The quantitative estimate of drug-likeness (QED) is 0.872. The molecular weight excluding hydrogens is 242 g/mol. The molecule has 0 unspecified atom stereocenters. The lowest BCUT2D eigenvalue weighted by Gasteiger charge is -2.06. The van der Waals surface area contributed by atoms with Gasteiger partial charge < -0.3 is 10.4 Å². The fourth-order valence-electron chi connectivity index (χ4n) is 1.60. The average molecular weight is 253 g/mol. The smallest absolute Gasteiger partial charge is 0.335 e. The Bertz CT molecular complexity index is 647. The summed E-state index contributed by atoms with van der Waals surface area (Å²) in [6, 6.07) is 12.2. The number of carboxylic acid groups (broad SMARTS) is 1. The van der Waals surface area contributed by atoms with Crippen LogP contribution in [0.5, 0.6) is 0 Å². The molecule has 1 heterocycles. The maximum atomic E-state index is 10.8. The zero-order valence-electron chi connectivity index (χ0n) is 10.00. The molecule has 0 amide bonds. The van der Waals surface area contributed by atoms with Crippen molar-refractivity contribution in [1.82, 2.24) is 4.98 Å². The summed E-state index contributed by atoms with van der Waals surface area (Å²) in [5.74, 6) is -0.501. The molecule has 19 heavy (non-hydrogen) atoms. The number of nitrogens with zero attached hydrogens (tertiary/aromatic N) is 2. The third-order valence-electron chi connectivity index (χ3n) is 2.54. The van der Waals surface area contributed by atoms with Gasteiger partial charge in [0.25, 0.3) is 0 Å². The largest absolute Gasteiger partial charge is 0.478 e. The predicted octanol–water partition coefficient (Wildman–Crippen LogP) is 2.26. The molecule has 2 rings (SSSR count). The highest BCUT2D eigenvalue weighted by molar-refractivity contribution is 5.88. The molecule has 0 radical (unpaired) electrons. The number of aromatic carboxylic acids is 1. The van der Waals surface area contributed by atoms with Crippen molar-refractivity contribution in [2.24, 2.45) is 0 Å². The lowest BCUT2D eigenvalue weighted by molar-refractivity contribution is 0.0697. The Kier molecular flexibility index (Phi) is 3.74. The van der Waals surface area contributed by atoms with Gasteiger partial charge in [-0.05, 0) is 29.8 Å². The van der Waals surface area contributed by atoms with E-state index in [1.807, 2.05) is 6.07 Å². The van der Waals surface area contributed by atoms with Crippen molar-refractivity contribution in [2.75, 3.05) is 5.32 Å². The topological polar surface area (TPSA) is 86.0 Å². The lowest BCUT2D eigenvalue weighted by Crippen LogP contribution is -2.04. The SMILES string of the molecule is N#Cc1cccc(CNc2cc(C(=O)O)ccn2)c1. The fourth-order valence-corrected chi connectivity index (χ4v) is 1.60. The van der Waals surface area contributed by atoms with Crippen LogP contribution in [-0.4, -0.2) is 16.1 Å².